The van der Waals surface area contributed by atoms with E-state index >= 15 is 0 Å². The Morgan fingerprint density at radius 1 is 1.10 bits per heavy atom. The Morgan fingerprint density at radius 2 is 1.77 bits per heavy atom. The summed E-state index contributed by atoms with van der Waals surface area (Å²) in [6, 6.07) is 8.12. The van der Waals surface area contributed by atoms with Crippen LogP contribution in [0, 0.1) is 0 Å². The van der Waals surface area contributed by atoms with Gasteiger partial charge < -0.3 is 14.8 Å². The van der Waals surface area contributed by atoms with Gasteiger partial charge in [-0.05, 0) is 35.9 Å². The molecule has 1 aliphatic heterocycles. The van der Waals surface area contributed by atoms with E-state index < -0.39 is 5.91 Å². The van der Waals surface area contributed by atoms with E-state index in [1.807, 2.05) is 0 Å². The van der Waals surface area contributed by atoms with Crippen molar-refractivity contribution in [1.29, 1.82) is 0 Å². The number of carbonyl (C=O) groups is 2. The molecule has 0 spiro atoms. The van der Waals surface area contributed by atoms with Gasteiger partial charge in [0.1, 0.15) is 10.9 Å². The molecule has 2 aromatic rings. The number of thiocarbonyl (C=S) groups is 1. The minimum absolute atomic E-state index is 0.224. The maximum Gasteiger partial charge on any atom is 0.266 e. The highest BCUT2D eigenvalue weighted by molar-refractivity contribution is 8.26. The van der Waals surface area contributed by atoms with Gasteiger partial charge in [-0.2, -0.15) is 0 Å². The first-order valence-electron chi connectivity index (χ1n) is 8.65. The summed E-state index contributed by atoms with van der Waals surface area (Å²) >= 11 is 24.3. The van der Waals surface area contributed by atoms with E-state index in [2.05, 4.69) is 5.32 Å². The van der Waals surface area contributed by atoms with Gasteiger partial charge in [0.05, 0.1) is 39.9 Å². The standard InChI is InChI=1S/C20H15Cl3N2O4S2/c1-28-15-4-3-10(5-16(15)29-2)6-17-19(27)25(20(30)31-17)9-18(26)24-14-8-12(22)11(21)7-13(14)23/h3-8H,9H2,1-2H3,(H,24,26)/b17-6-. The molecular weight excluding hydrogens is 503 g/mol. The van der Waals surface area contributed by atoms with E-state index in [0.29, 0.717) is 16.4 Å². The van der Waals surface area contributed by atoms with Crippen LogP contribution in [0.4, 0.5) is 5.69 Å². The molecule has 0 aliphatic carbocycles. The number of methoxy groups -OCH3 is 2. The summed E-state index contributed by atoms with van der Waals surface area (Å²) in [5.41, 5.74) is 1.01. The molecule has 1 saturated heterocycles. The SMILES string of the molecule is COc1ccc(/C=C2\SC(=S)N(CC(=O)Nc3cc(Cl)c(Cl)cc3Cl)C2=O)cc1OC. The van der Waals surface area contributed by atoms with Crippen molar-refractivity contribution in [3.63, 3.8) is 0 Å². The summed E-state index contributed by atoms with van der Waals surface area (Å²) in [7, 11) is 3.07. The average Bonchev–Trinajstić information content (AvgIpc) is 2.99. The number of carbonyl (C=O) groups excluding carboxylic acids is 2. The van der Waals surface area contributed by atoms with E-state index in [1.165, 1.54) is 24.1 Å². The molecule has 1 aliphatic rings. The molecule has 11 heteroatoms. The first-order valence-corrected chi connectivity index (χ1v) is 11.0. The highest BCUT2D eigenvalue weighted by Crippen LogP contribution is 2.35. The van der Waals surface area contributed by atoms with Gasteiger partial charge in [0.25, 0.3) is 5.91 Å². The normalized spacial score (nSPS) is 14.9. The molecule has 0 radical (unpaired) electrons. The lowest BCUT2D eigenvalue weighted by Gasteiger charge is -2.15. The number of nitrogens with zero attached hydrogens (tertiary/aromatic N) is 1. The molecule has 0 bridgehead atoms. The van der Waals surface area contributed by atoms with Gasteiger partial charge >= 0.3 is 0 Å². The highest BCUT2D eigenvalue weighted by atomic mass is 35.5. The number of hydrogen-bond donors (Lipinski definition) is 1. The fourth-order valence-electron chi connectivity index (χ4n) is 2.68. The summed E-state index contributed by atoms with van der Waals surface area (Å²) in [4.78, 5) is 26.9. The maximum absolute atomic E-state index is 12.8. The van der Waals surface area contributed by atoms with Crippen molar-refractivity contribution in [2.75, 3.05) is 26.1 Å². The van der Waals surface area contributed by atoms with E-state index in [-0.39, 0.29) is 37.5 Å². The largest absolute Gasteiger partial charge is 0.493 e. The van der Waals surface area contributed by atoms with Crippen LogP contribution in [0.1, 0.15) is 5.56 Å². The molecule has 3 rings (SSSR count). The first-order chi connectivity index (χ1) is 14.7. The number of benzene rings is 2. The molecule has 0 aromatic heterocycles. The second-order valence-electron chi connectivity index (χ2n) is 6.18. The third-order valence-electron chi connectivity index (χ3n) is 4.16. The zero-order valence-corrected chi connectivity index (χ0v) is 20.1. The molecule has 1 N–H and O–H groups in total. The van der Waals surface area contributed by atoms with Gasteiger partial charge in [-0.1, -0.05) is 64.8 Å². The lowest BCUT2D eigenvalue weighted by molar-refractivity contribution is -0.126. The van der Waals surface area contributed by atoms with E-state index in [4.69, 9.17) is 56.5 Å². The molecule has 0 atom stereocenters. The number of anilines is 1. The van der Waals surface area contributed by atoms with Gasteiger partial charge in [0.15, 0.2) is 11.5 Å². The topological polar surface area (TPSA) is 67.9 Å². The van der Waals surface area contributed by atoms with Crippen LogP contribution < -0.4 is 14.8 Å². The van der Waals surface area contributed by atoms with Crippen LogP contribution in [0.5, 0.6) is 11.5 Å². The highest BCUT2D eigenvalue weighted by Gasteiger charge is 2.33. The van der Waals surface area contributed by atoms with Gasteiger partial charge in [-0.3, -0.25) is 14.5 Å². The summed E-state index contributed by atoms with van der Waals surface area (Å²) in [6.45, 7) is -0.273. The third-order valence-corrected chi connectivity index (χ3v) is 6.58. The summed E-state index contributed by atoms with van der Waals surface area (Å²) in [5.74, 6) is 0.249. The Balaban J connectivity index is 1.74. The van der Waals surface area contributed by atoms with Crippen molar-refractivity contribution in [1.82, 2.24) is 4.90 Å². The Labute approximate surface area is 203 Å². The van der Waals surface area contributed by atoms with Crippen LogP contribution in [0.15, 0.2) is 35.2 Å². The van der Waals surface area contributed by atoms with E-state index in [0.717, 1.165) is 17.3 Å². The molecule has 2 aromatic carbocycles. The Kier molecular flexibility index (Phi) is 7.72. The van der Waals surface area contributed by atoms with Crippen LogP contribution >= 0.6 is 58.8 Å². The molecule has 0 saturated carbocycles. The molecule has 162 valence electrons. The van der Waals surface area contributed by atoms with Gasteiger partial charge in [0, 0.05) is 0 Å². The summed E-state index contributed by atoms with van der Waals surface area (Å²) in [5, 5.41) is 3.34. The van der Waals surface area contributed by atoms with Gasteiger partial charge in [0.2, 0.25) is 5.91 Å². The van der Waals surface area contributed by atoms with Crippen molar-refractivity contribution in [2.45, 2.75) is 0 Å². The van der Waals surface area contributed by atoms with Crippen molar-refractivity contribution >= 4 is 86.7 Å². The molecule has 0 unspecified atom stereocenters. The van der Waals surface area contributed by atoms with Crippen LogP contribution in [0.25, 0.3) is 6.08 Å². The first kappa shape index (κ1) is 23.7. The zero-order chi connectivity index (χ0) is 22.7. The van der Waals surface area contributed by atoms with Crippen molar-refractivity contribution in [3.05, 3.63) is 55.9 Å². The Hall–Kier alpha value is -1.97. The summed E-state index contributed by atoms with van der Waals surface area (Å²) in [6.07, 6.45) is 1.68. The van der Waals surface area contributed by atoms with Crippen molar-refractivity contribution in [2.24, 2.45) is 0 Å². The fourth-order valence-corrected chi connectivity index (χ4v) is 4.53. The molecule has 1 heterocycles. The number of ether oxygens (including phenoxy) is 2. The maximum atomic E-state index is 12.8. The number of halogens is 3. The second-order valence-corrected chi connectivity index (χ2v) is 9.07. The van der Waals surface area contributed by atoms with Gasteiger partial charge in [-0.25, -0.2) is 0 Å². The average molecular weight is 518 g/mol. The molecular formula is C20H15Cl3N2O4S2. The Bertz CT molecular complexity index is 1110. The number of thioether (sulfide) groups is 1. The number of nitrogens with one attached hydrogen (secondary N) is 1. The van der Waals surface area contributed by atoms with Crippen molar-refractivity contribution < 1.29 is 19.1 Å². The molecule has 2 amide bonds. The van der Waals surface area contributed by atoms with Crippen LogP contribution in [0.3, 0.4) is 0 Å². The quantitative estimate of drug-likeness (QED) is 0.310. The summed E-state index contributed by atoms with van der Waals surface area (Å²) < 4.78 is 10.8. The Morgan fingerprint density at radius 3 is 2.45 bits per heavy atom. The minimum Gasteiger partial charge on any atom is -0.493 e. The fraction of sp³-hybridized carbons (Fsp3) is 0.150. The molecule has 1 fully saturated rings. The van der Waals surface area contributed by atoms with Crippen LogP contribution in [-0.4, -0.2) is 41.8 Å². The predicted molar refractivity (Wildman–Crippen MR) is 130 cm³/mol. The number of hydrogen-bond acceptors (Lipinski definition) is 6. The second kappa shape index (κ2) is 10.1. The predicted octanol–water partition coefficient (Wildman–Crippen LogP) is 5.50. The lowest BCUT2D eigenvalue weighted by atomic mass is 10.2. The lowest BCUT2D eigenvalue weighted by Crippen LogP contribution is -2.36. The van der Waals surface area contributed by atoms with Crippen LogP contribution in [-0.2, 0) is 9.59 Å². The number of rotatable bonds is 6. The van der Waals surface area contributed by atoms with Crippen molar-refractivity contribution in [3.8, 4) is 11.5 Å². The molecule has 6 nitrogen and oxygen atoms in total. The van der Waals surface area contributed by atoms with Gasteiger partial charge in [-0.15, -0.1) is 0 Å². The minimum atomic E-state index is -0.482. The van der Waals surface area contributed by atoms with E-state index in [1.54, 1.807) is 31.4 Å². The van der Waals surface area contributed by atoms with Crippen LogP contribution in [0.2, 0.25) is 15.1 Å². The number of amides is 2. The monoisotopic (exact) mass is 516 g/mol. The zero-order valence-electron chi connectivity index (χ0n) is 16.2. The molecule has 31 heavy (non-hydrogen) atoms. The third kappa shape index (κ3) is 5.45. The smallest absolute Gasteiger partial charge is 0.266 e. The van der Waals surface area contributed by atoms with E-state index in [9.17, 15) is 9.59 Å².